The number of benzene rings is 2. The lowest BCUT2D eigenvalue weighted by Crippen LogP contribution is -2.62. The number of carboxylic acids is 2. The average Bonchev–Trinajstić information content (AvgIpc) is 3.78. The number of para-hydroxylation sites is 1. The third-order valence-electron chi connectivity index (χ3n) is 12.5. The molecule has 3 rings (SSSR count). The largest absolute Gasteiger partial charge is 0.508 e. The van der Waals surface area contributed by atoms with Gasteiger partial charge in [-0.1, -0.05) is 78.3 Å². The van der Waals surface area contributed by atoms with Gasteiger partial charge in [0, 0.05) is 41.4 Å². The molecule has 0 spiro atoms. The van der Waals surface area contributed by atoms with E-state index in [9.17, 15) is 68.4 Å². The van der Waals surface area contributed by atoms with E-state index in [4.69, 9.17) is 5.73 Å². The van der Waals surface area contributed by atoms with Crippen molar-refractivity contribution in [2.45, 2.75) is 141 Å². The highest BCUT2D eigenvalue weighted by Gasteiger charge is 2.38. The number of H-pyrrole nitrogens is 1. The van der Waals surface area contributed by atoms with E-state index < -0.39 is 138 Å². The van der Waals surface area contributed by atoms with Crippen LogP contribution in [0.2, 0.25) is 0 Å². The van der Waals surface area contributed by atoms with Crippen molar-refractivity contribution in [3.8, 4) is 5.75 Å². The minimum absolute atomic E-state index is 0.0366. The lowest BCUT2D eigenvalue weighted by molar-refractivity contribution is -0.142. The molecule has 0 aliphatic carbocycles. The molecule has 26 heteroatoms. The zero-order valence-corrected chi connectivity index (χ0v) is 45.8. The van der Waals surface area contributed by atoms with E-state index in [1.807, 2.05) is 18.2 Å². The van der Waals surface area contributed by atoms with Crippen molar-refractivity contribution in [2.75, 3.05) is 11.5 Å². The molecule has 0 saturated heterocycles. The van der Waals surface area contributed by atoms with Crippen molar-refractivity contribution in [1.82, 2.24) is 47.5 Å². The Kier molecular flexibility index (Phi) is 25.7. The molecule has 0 fully saturated rings. The van der Waals surface area contributed by atoms with Gasteiger partial charge in [-0.25, -0.2) is 4.79 Å². The van der Waals surface area contributed by atoms with Gasteiger partial charge in [0.25, 0.3) is 0 Å². The second kappa shape index (κ2) is 30.7. The van der Waals surface area contributed by atoms with Crippen molar-refractivity contribution in [3.63, 3.8) is 0 Å². The Hall–Kier alpha value is -6.90. The summed E-state index contributed by atoms with van der Waals surface area (Å²) in [7, 11) is 0. The van der Waals surface area contributed by atoms with Crippen LogP contribution in [0.25, 0.3) is 10.9 Å². The molecule has 0 saturated carbocycles. The summed E-state index contributed by atoms with van der Waals surface area (Å²) in [6.45, 7) is 11.4. The molecule has 15 N–H and O–H groups in total. The van der Waals surface area contributed by atoms with Crippen LogP contribution in [0, 0.1) is 17.8 Å². The lowest BCUT2D eigenvalue weighted by atomic mass is 9.95. The maximum Gasteiger partial charge on any atom is 0.327 e. The highest BCUT2D eigenvalue weighted by atomic mass is 32.1. The number of carboxylic acid groups (broad SMARTS) is 2. The van der Waals surface area contributed by atoms with E-state index in [1.165, 1.54) is 24.3 Å². The Morgan fingerprint density at radius 3 is 1.64 bits per heavy atom. The minimum Gasteiger partial charge on any atom is -0.508 e. The number of hydrogen-bond acceptors (Lipinski definition) is 15. The zero-order valence-electron chi connectivity index (χ0n) is 44.0. The van der Waals surface area contributed by atoms with Gasteiger partial charge in [-0.2, -0.15) is 25.3 Å². The van der Waals surface area contributed by atoms with Crippen LogP contribution in [0.3, 0.4) is 0 Å². The number of aromatic hydroxyl groups is 1. The molecule has 77 heavy (non-hydrogen) atoms. The summed E-state index contributed by atoms with van der Waals surface area (Å²) in [5.41, 5.74) is 7.46. The Balaban J connectivity index is 1.93. The first kappa shape index (κ1) is 64.4. The van der Waals surface area contributed by atoms with Crippen molar-refractivity contribution in [1.29, 1.82) is 0 Å². The molecule has 1 heterocycles. The summed E-state index contributed by atoms with van der Waals surface area (Å²) in [5, 5.41) is 60.5. The highest BCUT2D eigenvalue weighted by Crippen LogP contribution is 2.21. The van der Waals surface area contributed by atoms with Crippen molar-refractivity contribution in [2.24, 2.45) is 23.5 Å². The van der Waals surface area contributed by atoms with Crippen LogP contribution >= 0.6 is 25.3 Å². The van der Waals surface area contributed by atoms with Crippen molar-refractivity contribution < 1.29 is 68.4 Å². The number of amides is 8. The van der Waals surface area contributed by atoms with Crippen LogP contribution in [0.15, 0.2) is 54.7 Å². The van der Waals surface area contributed by atoms with Gasteiger partial charge < -0.3 is 73.7 Å². The number of thiol groups is 2. The summed E-state index contributed by atoms with van der Waals surface area (Å²) in [6, 6.07) is -0.350. The Labute approximate surface area is 457 Å². The minimum atomic E-state index is -1.89. The predicted octanol–water partition coefficient (Wildman–Crippen LogP) is -0.588. The van der Waals surface area contributed by atoms with Gasteiger partial charge in [0.2, 0.25) is 47.3 Å². The molecule has 0 radical (unpaired) electrons. The number of nitrogens with one attached hydrogen (secondary N) is 9. The molecule has 0 aliphatic rings. The number of nitrogens with two attached hydrogens (primary N) is 1. The standard InChI is InChI=1S/C51H74N10O14S2/c1-8-26(6)41(49(72)56-36(44(67)58-38(23-77)51(74)75)19-29-21-53-33-12-10-9-11-31(29)33)60-46(69)34(17-24(2)3)55-48(71)40(25(4)5)59-47(70)35(18-28-13-15-30(63)16-14-28)54-45(68)37(20-39(64)65)57-50(73)42(27(7)62)61-43(66)32(52)22-76/h9-16,21,24-27,32,34-38,40-42,53,62-63,76-77H,8,17-20,22-23,52H2,1-7H3,(H,54,68)(H,55,71)(H,56,72)(H,57,73)(H,58,67)(H,59,70)(H,60,69)(H,61,66)(H,64,65)(H,74,75)/t26-,27+,32-,34-,35-,36-,37-,38-,40-,41-,42-/m0/s1. The number of fused-ring (bicyclic) bond motifs is 1. The number of rotatable bonds is 31. The molecule has 0 aliphatic heterocycles. The van der Waals surface area contributed by atoms with Crippen LogP contribution in [0.4, 0.5) is 0 Å². The molecule has 24 nitrogen and oxygen atoms in total. The van der Waals surface area contributed by atoms with Gasteiger partial charge in [0.05, 0.1) is 18.6 Å². The number of aliphatic hydroxyl groups is 1. The maximum absolute atomic E-state index is 14.4. The van der Waals surface area contributed by atoms with E-state index in [0.717, 1.165) is 17.8 Å². The van der Waals surface area contributed by atoms with E-state index >= 15 is 0 Å². The molecular formula is C51H74N10O14S2. The second-order valence-electron chi connectivity index (χ2n) is 19.6. The van der Waals surface area contributed by atoms with Gasteiger partial charge >= 0.3 is 11.9 Å². The van der Waals surface area contributed by atoms with Crippen LogP contribution in [0.1, 0.15) is 78.9 Å². The maximum atomic E-state index is 14.4. The van der Waals surface area contributed by atoms with E-state index in [2.05, 4.69) is 72.8 Å². The van der Waals surface area contributed by atoms with Gasteiger partial charge in [0.15, 0.2) is 0 Å². The molecule has 424 valence electrons. The number of phenols is 1. The summed E-state index contributed by atoms with van der Waals surface area (Å²) in [6.07, 6.45) is -0.897. The fourth-order valence-corrected chi connectivity index (χ4v) is 8.31. The fourth-order valence-electron chi connectivity index (χ4n) is 7.90. The first-order valence-corrected chi connectivity index (χ1v) is 26.3. The van der Waals surface area contributed by atoms with Crippen LogP contribution < -0.4 is 48.3 Å². The molecule has 1 aromatic heterocycles. The summed E-state index contributed by atoms with van der Waals surface area (Å²) in [5.74, 6) is -12.3. The first-order chi connectivity index (χ1) is 36.2. The monoisotopic (exact) mass is 1110 g/mol. The van der Waals surface area contributed by atoms with Gasteiger partial charge in [-0.15, -0.1) is 0 Å². The van der Waals surface area contributed by atoms with Crippen LogP contribution in [-0.4, -0.2) is 157 Å². The van der Waals surface area contributed by atoms with Crippen molar-refractivity contribution in [3.05, 3.63) is 65.9 Å². The van der Waals surface area contributed by atoms with E-state index in [1.54, 1.807) is 53.8 Å². The molecule has 8 amide bonds. The predicted molar refractivity (Wildman–Crippen MR) is 290 cm³/mol. The number of aliphatic carboxylic acids is 2. The molecule has 0 bridgehead atoms. The zero-order chi connectivity index (χ0) is 57.8. The molecule has 11 atom stereocenters. The smallest absolute Gasteiger partial charge is 0.327 e. The highest BCUT2D eigenvalue weighted by molar-refractivity contribution is 7.80. The van der Waals surface area contributed by atoms with E-state index in [-0.39, 0.29) is 42.4 Å². The third-order valence-corrected chi connectivity index (χ3v) is 13.3. The van der Waals surface area contributed by atoms with Gasteiger partial charge in [0.1, 0.15) is 54.1 Å². The summed E-state index contributed by atoms with van der Waals surface area (Å²) in [4.78, 5) is 138. The summed E-state index contributed by atoms with van der Waals surface area (Å²) < 4.78 is 0. The normalized spacial score (nSPS) is 15.6. The second-order valence-corrected chi connectivity index (χ2v) is 20.3. The Morgan fingerprint density at radius 1 is 0.584 bits per heavy atom. The molecule has 0 unspecified atom stereocenters. The number of carbonyl (C=O) groups is 10. The van der Waals surface area contributed by atoms with Crippen molar-refractivity contribution >= 4 is 95.4 Å². The quantitative estimate of drug-likeness (QED) is 0.0358. The molecular weight excluding hydrogens is 1040 g/mol. The number of hydrogen-bond donors (Lipinski definition) is 16. The molecule has 3 aromatic rings. The Bertz CT molecular complexity index is 2540. The van der Waals surface area contributed by atoms with Crippen LogP contribution in [0.5, 0.6) is 5.75 Å². The number of aliphatic hydroxyl groups excluding tert-OH is 1. The number of carbonyl (C=O) groups excluding carboxylic acids is 8. The van der Waals surface area contributed by atoms with E-state index in [0.29, 0.717) is 17.5 Å². The Morgan fingerprint density at radius 2 is 1.08 bits per heavy atom. The fraction of sp³-hybridized carbons (Fsp3) is 0.529. The average molecular weight is 1120 g/mol. The number of aromatic amines is 1. The number of aromatic nitrogens is 1. The van der Waals surface area contributed by atoms with Gasteiger partial charge in [-0.3, -0.25) is 43.2 Å². The first-order valence-electron chi connectivity index (χ1n) is 25.1. The van der Waals surface area contributed by atoms with Gasteiger partial charge in [-0.05, 0) is 60.4 Å². The topological polar surface area (TPSA) is 390 Å². The lowest BCUT2D eigenvalue weighted by Gasteiger charge is -2.31. The summed E-state index contributed by atoms with van der Waals surface area (Å²) >= 11 is 8.00. The molecule has 2 aromatic carbocycles. The van der Waals surface area contributed by atoms with Crippen LogP contribution in [-0.2, 0) is 60.8 Å². The third kappa shape index (κ3) is 19.9. The SMILES string of the molecule is CC[C@H](C)[C@H](NC(=O)[C@H](CC(C)C)NC(=O)[C@@H](NC(=O)[C@H](Cc1ccc(O)cc1)NC(=O)[C@H](CC(=O)O)NC(=O)[C@@H](NC(=O)[C@@H](N)CS)[C@@H](C)O)C(C)C)C(=O)N[C@@H](Cc1c[nH]c2ccccc12)C(=O)N[C@@H](CS)C(=O)O. The number of phenolic OH excluding ortho intramolecular Hbond substituents is 1.